The molecule has 2 aromatic rings. The standard InChI is InChI=1S/C12H17N4O4PS.H4O7P2/c1-8-11(3-4-20-21(17,18)19)22-7-16(8)6-10-5-14-9(2)15-12(10)13;1-8(2,3)7-9(4,5)6/h5,7H,3-4,6H2,1-2H3,(H3-,13,14,15,17,18,19);(H2,1,2,3)(H2,4,5,6)/p-3. The van der Waals surface area contributed by atoms with E-state index in [1.807, 2.05) is 17.0 Å². The highest BCUT2D eigenvalue weighted by molar-refractivity contribution is 7.57. The number of nitrogens with zero attached hydrogens (tertiary/aromatic N) is 3. The molecule has 15 nitrogen and oxygen atoms in total. The summed E-state index contributed by atoms with van der Waals surface area (Å²) in [5, 5.41) is 0. The molecule has 0 aliphatic rings. The zero-order chi connectivity index (χ0) is 24.0. The average Bonchev–Trinajstić information content (AvgIpc) is 2.87. The molecule has 0 saturated heterocycles. The zero-order valence-corrected chi connectivity index (χ0v) is 19.5. The number of rotatable bonds is 8. The van der Waals surface area contributed by atoms with E-state index in [-0.39, 0.29) is 6.61 Å². The van der Waals surface area contributed by atoms with E-state index in [0.717, 1.165) is 16.1 Å². The summed E-state index contributed by atoms with van der Waals surface area (Å²) in [7, 11) is -15.8. The monoisotopic (exact) mass is 519 g/mol. The summed E-state index contributed by atoms with van der Waals surface area (Å²) < 4.78 is 38.3. The lowest BCUT2D eigenvalue weighted by atomic mass is 10.2. The average molecular weight is 519 g/mol. The van der Waals surface area contributed by atoms with Gasteiger partial charge in [0, 0.05) is 19.5 Å². The maximum atomic E-state index is 10.7. The maximum absolute atomic E-state index is 10.7. The second kappa shape index (κ2) is 11.1. The van der Waals surface area contributed by atoms with Crippen molar-refractivity contribution in [3.63, 3.8) is 0 Å². The third-order valence-corrected chi connectivity index (χ3v) is 6.57. The molecule has 0 aliphatic carbocycles. The Kier molecular flexibility index (Phi) is 10.0. The smallest absolute Gasteiger partial charge is 0.469 e. The van der Waals surface area contributed by atoms with Crippen LogP contribution in [0.3, 0.4) is 0 Å². The number of anilines is 1. The molecule has 0 aromatic carbocycles. The number of phosphoric acid groups is 3. The van der Waals surface area contributed by atoms with Crippen LogP contribution in [0.1, 0.15) is 22.0 Å². The molecule has 0 bridgehead atoms. The van der Waals surface area contributed by atoms with Gasteiger partial charge in [-0.25, -0.2) is 14.5 Å². The second-order valence-electron chi connectivity index (χ2n) is 5.74. The third-order valence-electron chi connectivity index (χ3n) is 3.30. The fourth-order valence-corrected chi connectivity index (χ4v) is 4.33. The Bertz CT molecular complexity index is 1010. The van der Waals surface area contributed by atoms with E-state index in [1.165, 1.54) is 11.3 Å². The van der Waals surface area contributed by atoms with Crippen molar-refractivity contribution >= 4 is 40.6 Å². The summed E-state index contributed by atoms with van der Waals surface area (Å²) >= 11 is 1.50. The van der Waals surface area contributed by atoms with E-state index in [2.05, 4.69) is 18.8 Å². The van der Waals surface area contributed by atoms with Crippen LogP contribution in [-0.2, 0) is 35.5 Å². The number of thiazole rings is 1. The Morgan fingerprint density at radius 3 is 2.19 bits per heavy atom. The first-order valence-electron chi connectivity index (χ1n) is 7.97. The molecule has 0 unspecified atom stereocenters. The highest BCUT2D eigenvalue weighted by Gasteiger charge is 2.19. The Balaban J connectivity index is 0.000000452. The van der Waals surface area contributed by atoms with Crippen molar-refractivity contribution < 1.29 is 56.5 Å². The number of phosphoric ester groups is 1. The molecule has 0 fully saturated rings. The lowest BCUT2D eigenvalue weighted by molar-refractivity contribution is -0.689. The number of nitrogen functional groups attached to an aromatic ring is 1. The summed E-state index contributed by atoms with van der Waals surface area (Å²) in [6.45, 7) is 4.24. The van der Waals surface area contributed by atoms with Crippen molar-refractivity contribution in [2.24, 2.45) is 0 Å². The number of hydrogen-bond donors (Lipinski definition) is 3. The minimum absolute atomic E-state index is 0.0264. The first-order valence-corrected chi connectivity index (χ1v) is 13.3. The highest BCUT2D eigenvalue weighted by atomic mass is 32.1. The summed E-state index contributed by atoms with van der Waals surface area (Å²) in [5.74, 6) is 1.08. The number of nitrogens with two attached hydrogens (primary N) is 1. The van der Waals surface area contributed by atoms with Crippen molar-refractivity contribution in [2.75, 3.05) is 12.3 Å². The van der Waals surface area contributed by atoms with Gasteiger partial charge < -0.3 is 48.5 Å². The predicted molar refractivity (Wildman–Crippen MR) is 97.5 cm³/mol. The molecule has 0 radical (unpaired) electrons. The predicted octanol–water partition coefficient (Wildman–Crippen LogP) is -2.61. The van der Waals surface area contributed by atoms with E-state index < -0.39 is 23.5 Å². The number of aryl methyl sites for hydroxylation is 1. The molecule has 0 saturated carbocycles. The molecule has 2 heterocycles. The van der Waals surface area contributed by atoms with Crippen LogP contribution in [0.4, 0.5) is 5.82 Å². The van der Waals surface area contributed by atoms with Gasteiger partial charge in [-0.3, -0.25) is 4.52 Å². The molecule has 4 N–H and O–H groups in total. The fourth-order valence-electron chi connectivity index (χ4n) is 2.04. The van der Waals surface area contributed by atoms with Crippen LogP contribution < -0.4 is 29.9 Å². The Labute approximate surface area is 180 Å². The van der Waals surface area contributed by atoms with Crippen molar-refractivity contribution in [1.82, 2.24) is 9.97 Å². The SMILES string of the molecule is Cc1ncc(C[n+]2csc(CCOP(=O)(O)O)c2C)c(N)n1.O=P([O-])([O-])OP(=O)([O-])[O-]. The Morgan fingerprint density at radius 1 is 1.16 bits per heavy atom. The summed E-state index contributed by atoms with van der Waals surface area (Å²) in [5.41, 5.74) is 9.65. The highest BCUT2D eigenvalue weighted by Crippen LogP contribution is 2.42. The normalized spacial score (nSPS) is 12.4. The van der Waals surface area contributed by atoms with Crippen LogP contribution in [0, 0.1) is 13.8 Å². The largest absolute Gasteiger partial charge is 0.790 e. The van der Waals surface area contributed by atoms with Gasteiger partial charge in [0.15, 0.2) is 12.2 Å². The molecular formula is C12H18N4O11P3S-3. The van der Waals surface area contributed by atoms with Crippen molar-refractivity contribution in [1.29, 1.82) is 0 Å². The Hall–Kier alpha value is -1.12. The lowest BCUT2D eigenvalue weighted by Gasteiger charge is -2.39. The van der Waals surface area contributed by atoms with Crippen molar-refractivity contribution in [3.8, 4) is 0 Å². The van der Waals surface area contributed by atoms with Crippen molar-refractivity contribution in [3.05, 3.63) is 33.7 Å². The molecule has 31 heavy (non-hydrogen) atoms. The molecule has 0 spiro atoms. The molecule has 2 rings (SSSR count). The first kappa shape index (κ1) is 27.9. The van der Waals surface area contributed by atoms with Crippen LogP contribution in [-0.4, -0.2) is 26.4 Å². The van der Waals surface area contributed by atoms with Crippen LogP contribution in [0.2, 0.25) is 0 Å². The van der Waals surface area contributed by atoms with Crippen LogP contribution in [0.15, 0.2) is 11.7 Å². The van der Waals surface area contributed by atoms with E-state index in [0.29, 0.717) is 24.6 Å². The quantitative estimate of drug-likeness (QED) is 0.238. The molecule has 0 atom stereocenters. The van der Waals surface area contributed by atoms with Gasteiger partial charge in [0.05, 0.1) is 32.7 Å². The van der Waals surface area contributed by atoms with E-state index in [4.69, 9.17) is 15.5 Å². The summed E-state index contributed by atoms with van der Waals surface area (Å²) in [6, 6.07) is 0. The minimum atomic E-state index is -5.68. The van der Waals surface area contributed by atoms with Gasteiger partial charge in [-0.1, -0.05) is 11.3 Å². The van der Waals surface area contributed by atoms with E-state index >= 15 is 0 Å². The zero-order valence-electron chi connectivity index (χ0n) is 16.0. The van der Waals surface area contributed by atoms with Gasteiger partial charge in [0.25, 0.3) is 0 Å². The van der Waals surface area contributed by atoms with Gasteiger partial charge in [0.1, 0.15) is 11.6 Å². The third kappa shape index (κ3) is 11.9. The fraction of sp³-hybridized carbons (Fsp3) is 0.417. The topological polar surface area (TPSA) is 258 Å². The first-order chi connectivity index (χ1) is 14.0. The molecule has 2 aromatic heterocycles. The van der Waals surface area contributed by atoms with Crippen LogP contribution in [0.5, 0.6) is 0 Å². The van der Waals surface area contributed by atoms with Gasteiger partial charge in [-0.15, -0.1) is 0 Å². The number of aromatic nitrogens is 3. The van der Waals surface area contributed by atoms with Crippen LogP contribution in [0.25, 0.3) is 0 Å². The van der Waals surface area contributed by atoms with Gasteiger partial charge >= 0.3 is 7.82 Å². The van der Waals surface area contributed by atoms with Gasteiger partial charge in [0.2, 0.25) is 5.51 Å². The van der Waals surface area contributed by atoms with E-state index in [1.54, 1.807) is 13.1 Å². The maximum Gasteiger partial charge on any atom is 0.469 e. The molecule has 0 aliphatic heterocycles. The van der Waals surface area contributed by atoms with Crippen molar-refractivity contribution in [2.45, 2.75) is 26.8 Å². The molecular weight excluding hydrogens is 501 g/mol. The number of hydrogen-bond acceptors (Lipinski definition) is 13. The minimum Gasteiger partial charge on any atom is -0.790 e. The van der Waals surface area contributed by atoms with E-state index in [9.17, 15) is 33.3 Å². The van der Waals surface area contributed by atoms with Gasteiger partial charge in [-0.05, 0) is 6.92 Å². The molecule has 19 heteroatoms. The second-order valence-corrected chi connectivity index (χ2v) is 10.4. The summed E-state index contributed by atoms with van der Waals surface area (Å²) in [4.78, 5) is 63.9. The Morgan fingerprint density at radius 2 is 1.74 bits per heavy atom. The molecule has 176 valence electrons. The van der Waals surface area contributed by atoms with Gasteiger partial charge in [-0.2, -0.15) is 4.57 Å². The molecule has 0 amide bonds. The van der Waals surface area contributed by atoms with Crippen LogP contribution >= 0.6 is 34.8 Å². The summed E-state index contributed by atoms with van der Waals surface area (Å²) in [6.07, 6.45) is 2.15. The lowest BCUT2D eigenvalue weighted by Crippen LogP contribution is -2.35.